The maximum atomic E-state index is 8.99. The molecule has 0 radical (unpaired) electrons. The van der Waals surface area contributed by atoms with Gasteiger partial charge in [0.2, 0.25) is 0 Å². The van der Waals surface area contributed by atoms with Gasteiger partial charge in [0.1, 0.15) is 0 Å². The van der Waals surface area contributed by atoms with Crippen LogP contribution in [0, 0.1) is 19.8 Å². The summed E-state index contributed by atoms with van der Waals surface area (Å²) in [5, 5.41) is 20.5. The molecule has 0 amide bonds. The van der Waals surface area contributed by atoms with E-state index in [9.17, 15) is 0 Å². The Hall–Kier alpha value is -1.85. The first-order chi connectivity index (χ1) is 9.29. The molecule has 1 rings (SSSR count). The third-order valence-corrected chi connectivity index (χ3v) is 3.61. The van der Waals surface area contributed by atoms with Crippen LogP contribution in [0.3, 0.4) is 0 Å². The molecule has 1 aromatic heterocycles. The van der Waals surface area contributed by atoms with Gasteiger partial charge in [-0.2, -0.15) is 5.10 Å². The Bertz CT molecular complexity index is 499. The van der Waals surface area contributed by atoms with Crippen LogP contribution in [0.25, 0.3) is 0 Å². The van der Waals surface area contributed by atoms with Gasteiger partial charge in [0.15, 0.2) is 11.7 Å². The molecule has 0 aliphatic heterocycles. The molecule has 6 nitrogen and oxygen atoms in total. The van der Waals surface area contributed by atoms with Crippen molar-refractivity contribution in [2.75, 3.05) is 11.9 Å². The topological polar surface area (TPSA) is 87.6 Å². The van der Waals surface area contributed by atoms with Crippen LogP contribution in [0.2, 0.25) is 0 Å². The SMILES string of the molecule is Cc1nnc(N(C)C(C)CC(C)C)c(C(N)=NO)c1C. The number of nitrogens with two attached hydrogens (primary N) is 1. The van der Waals surface area contributed by atoms with Crippen LogP contribution in [0.1, 0.15) is 44.0 Å². The average Bonchev–Trinajstić information content (AvgIpc) is 2.39. The Labute approximate surface area is 120 Å². The number of hydrogen-bond donors (Lipinski definition) is 2. The molecule has 20 heavy (non-hydrogen) atoms. The van der Waals surface area contributed by atoms with E-state index in [0.29, 0.717) is 17.3 Å². The number of aromatic nitrogens is 2. The predicted molar refractivity (Wildman–Crippen MR) is 81.3 cm³/mol. The molecule has 0 spiro atoms. The molecular weight excluding hydrogens is 254 g/mol. The number of amidine groups is 1. The molecule has 1 aromatic rings. The second kappa shape index (κ2) is 6.54. The van der Waals surface area contributed by atoms with Crippen LogP contribution in [-0.2, 0) is 0 Å². The smallest absolute Gasteiger partial charge is 0.174 e. The average molecular weight is 279 g/mol. The molecule has 3 N–H and O–H groups in total. The Balaban J connectivity index is 3.27. The number of rotatable bonds is 5. The largest absolute Gasteiger partial charge is 0.409 e. The first kappa shape index (κ1) is 16.2. The molecule has 0 bridgehead atoms. The highest BCUT2D eigenvalue weighted by molar-refractivity contribution is 6.02. The summed E-state index contributed by atoms with van der Waals surface area (Å²) in [5.41, 5.74) is 8.12. The lowest BCUT2D eigenvalue weighted by atomic mass is 10.0. The van der Waals surface area contributed by atoms with Crippen LogP contribution in [-0.4, -0.2) is 34.3 Å². The standard InChI is InChI=1S/C14H25N5O/c1-8(2)7-9(3)19(6)14-12(13(15)18-20)10(4)11(5)16-17-14/h8-9,20H,7H2,1-6H3,(H2,15,18). The minimum Gasteiger partial charge on any atom is -0.409 e. The number of oxime groups is 1. The van der Waals surface area contributed by atoms with Crippen molar-refractivity contribution in [1.82, 2.24) is 10.2 Å². The van der Waals surface area contributed by atoms with E-state index in [1.807, 2.05) is 25.8 Å². The van der Waals surface area contributed by atoms with Crippen LogP contribution in [0.4, 0.5) is 5.82 Å². The van der Waals surface area contributed by atoms with Crippen LogP contribution < -0.4 is 10.6 Å². The summed E-state index contributed by atoms with van der Waals surface area (Å²) in [6, 6.07) is 0.289. The number of nitrogens with zero attached hydrogens (tertiary/aromatic N) is 4. The van der Waals surface area contributed by atoms with Crippen LogP contribution in [0.15, 0.2) is 5.16 Å². The number of aryl methyl sites for hydroxylation is 1. The Morgan fingerprint density at radius 1 is 1.30 bits per heavy atom. The van der Waals surface area contributed by atoms with Gasteiger partial charge in [-0.3, -0.25) is 0 Å². The van der Waals surface area contributed by atoms with E-state index in [4.69, 9.17) is 10.9 Å². The van der Waals surface area contributed by atoms with Gasteiger partial charge in [-0.15, -0.1) is 5.10 Å². The van der Waals surface area contributed by atoms with Crippen molar-refractivity contribution in [1.29, 1.82) is 0 Å². The van der Waals surface area contributed by atoms with Gasteiger partial charge in [0.05, 0.1) is 11.3 Å². The monoisotopic (exact) mass is 279 g/mol. The highest BCUT2D eigenvalue weighted by atomic mass is 16.4. The van der Waals surface area contributed by atoms with Gasteiger partial charge >= 0.3 is 0 Å². The second-order valence-corrected chi connectivity index (χ2v) is 5.68. The maximum absolute atomic E-state index is 8.99. The lowest BCUT2D eigenvalue weighted by Gasteiger charge is -2.29. The first-order valence-corrected chi connectivity index (χ1v) is 6.84. The zero-order valence-electron chi connectivity index (χ0n) is 13.2. The molecule has 0 aromatic carbocycles. The Morgan fingerprint density at radius 3 is 2.40 bits per heavy atom. The summed E-state index contributed by atoms with van der Waals surface area (Å²) in [7, 11) is 1.96. The van der Waals surface area contributed by atoms with E-state index in [-0.39, 0.29) is 11.9 Å². The van der Waals surface area contributed by atoms with Gasteiger partial charge in [0, 0.05) is 13.1 Å². The molecular formula is C14H25N5O. The van der Waals surface area contributed by atoms with Crippen molar-refractivity contribution in [2.45, 2.75) is 47.1 Å². The van der Waals surface area contributed by atoms with Gasteiger partial charge < -0.3 is 15.8 Å². The van der Waals surface area contributed by atoms with E-state index in [2.05, 4.69) is 36.1 Å². The zero-order chi connectivity index (χ0) is 15.4. The fourth-order valence-corrected chi connectivity index (χ4v) is 2.25. The number of anilines is 1. The van der Waals surface area contributed by atoms with Gasteiger partial charge in [-0.1, -0.05) is 19.0 Å². The summed E-state index contributed by atoms with van der Waals surface area (Å²) < 4.78 is 0. The summed E-state index contributed by atoms with van der Waals surface area (Å²) in [5.74, 6) is 1.30. The van der Waals surface area contributed by atoms with E-state index in [1.54, 1.807) is 0 Å². The molecule has 0 saturated heterocycles. The molecule has 0 aliphatic rings. The minimum atomic E-state index is 0.0686. The lowest BCUT2D eigenvalue weighted by molar-refractivity contribution is 0.318. The molecule has 6 heteroatoms. The fraction of sp³-hybridized carbons (Fsp3) is 0.643. The van der Waals surface area contributed by atoms with Crippen molar-refractivity contribution >= 4 is 11.7 Å². The molecule has 112 valence electrons. The van der Waals surface area contributed by atoms with Gasteiger partial charge in [0.25, 0.3) is 0 Å². The van der Waals surface area contributed by atoms with E-state index in [0.717, 1.165) is 17.7 Å². The third kappa shape index (κ3) is 3.37. The summed E-state index contributed by atoms with van der Waals surface area (Å²) >= 11 is 0. The molecule has 0 aliphatic carbocycles. The first-order valence-electron chi connectivity index (χ1n) is 6.84. The van der Waals surface area contributed by atoms with Crippen LogP contribution in [0.5, 0.6) is 0 Å². The van der Waals surface area contributed by atoms with E-state index >= 15 is 0 Å². The summed E-state index contributed by atoms with van der Waals surface area (Å²) in [6.45, 7) is 10.3. The highest BCUT2D eigenvalue weighted by Crippen LogP contribution is 2.24. The van der Waals surface area contributed by atoms with E-state index in [1.165, 1.54) is 0 Å². The molecule has 1 heterocycles. The highest BCUT2D eigenvalue weighted by Gasteiger charge is 2.21. The fourth-order valence-electron chi connectivity index (χ4n) is 2.25. The lowest BCUT2D eigenvalue weighted by Crippen LogP contribution is -2.34. The van der Waals surface area contributed by atoms with Gasteiger partial charge in [-0.05, 0) is 38.7 Å². The summed E-state index contributed by atoms with van der Waals surface area (Å²) in [4.78, 5) is 2.03. The van der Waals surface area contributed by atoms with Crippen molar-refractivity contribution < 1.29 is 5.21 Å². The Morgan fingerprint density at radius 2 is 1.90 bits per heavy atom. The van der Waals surface area contributed by atoms with Gasteiger partial charge in [-0.25, -0.2) is 0 Å². The molecule has 0 fully saturated rings. The maximum Gasteiger partial charge on any atom is 0.174 e. The third-order valence-electron chi connectivity index (χ3n) is 3.61. The van der Waals surface area contributed by atoms with Crippen molar-refractivity contribution in [3.8, 4) is 0 Å². The van der Waals surface area contributed by atoms with Crippen molar-refractivity contribution in [3.05, 3.63) is 16.8 Å². The molecule has 1 atom stereocenters. The molecule has 0 saturated carbocycles. The van der Waals surface area contributed by atoms with Crippen LogP contribution >= 0.6 is 0 Å². The predicted octanol–water partition coefficient (Wildman–Crippen LogP) is 2.06. The van der Waals surface area contributed by atoms with Crippen molar-refractivity contribution in [3.63, 3.8) is 0 Å². The Kier molecular flexibility index (Phi) is 5.30. The van der Waals surface area contributed by atoms with Crippen molar-refractivity contribution in [2.24, 2.45) is 16.8 Å². The normalized spacial score (nSPS) is 13.7. The molecule has 1 unspecified atom stereocenters. The summed E-state index contributed by atoms with van der Waals surface area (Å²) in [6.07, 6.45) is 1.03. The number of hydrogen-bond acceptors (Lipinski definition) is 5. The second-order valence-electron chi connectivity index (χ2n) is 5.68. The van der Waals surface area contributed by atoms with E-state index < -0.39 is 0 Å². The minimum absolute atomic E-state index is 0.0686. The zero-order valence-corrected chi connectivity index (χ0v) is 13.2. The quantitative estimate of drug-likeness (QED) is 0.373.